The molecule has 2 rings (SSSR count). The average Bonchev–Trinajstić information content (AvgIpc) is 2.98. The number of hydrogen-bond donors (Lipinski definition) is 2. The Morgan fingerprint density at radius 2 is 2.00 bits per heavy atom. The molecule has 8 heteroatoms. The lowest BCUT2D eigenvalue weighted by atomic mass is 10.1. The Hall–Kier alpha value is -1.67. The zero-order chi connectivity index (χ0) is 17.0. The molecule has 3 N–H and O–H groups in total. The van der Waals surface area contributed by atoms with Gasteiger partial charge < -0.3 is 20.9 Å². The Kier molecular flexibility index (Phi) is 5.95. The molecule has 0 aromatic carbocycles. The number of amides is 2. The third kappa shape index (κ3) is 4.65. The minimum absolute atomic E-state index is 0.00954. The van der Waals surface area contributed by atoms with Crippen molar-refractivity contribution in [3.05, 3.63) is 11.1 Å². The van der Waals surface area contributed by atoms with Crippen molar-refractivity contribution in [3.63, 3.8) is 0 Å². The van der Waals surface area contributed by atoms with Crippen molar-refractivity contribution in [2.75, 3.05) is 37.6 Å². The van der Waals surface area contributed by atoms with Crippen LogP contribution in [-0.2, 0) is 9.59 Å². The van der Waals surface area contributed by atoms with Crippen LogP contribution in [0.15, 0.2) is 5.38 Å². The summed E-state index contributed by atoms with van der Waals surface area (Å²) in [7, 11) is 0. The zero-order valence-electron chi connectivity index (χ0n) is 13.9. The van der Waals surface area contributed by atoms with Crippen LogP contribution < -0.4 is 16.0 Å². The summed E-state index contributed by atoms with van der Waals surface area (Å²) in [6, 6.07) is -0.576. The molecule has 128 valence electrons. The van der Waals surface area contributed by atoms with Gasteiger partial charge in [0.1, 0.15) is 0 Å². The van der Waals surface area contributed by atoms with Crippen molar-refractivity contribution < 1.29 is 9.59 Å². The molecule has 1 saturated heterocycles. The molecule has 0 saturated carbocycles. The van der Waals surface area contributed by atoms with Crippen LogP contribution in [0, 0.1) is 12.8 Å². The fourth-order valence-corrected chi connectivity index (χ4v) is 3.19. The summed E-state index contributed by atoms with van der Waals surface area (Å²) in [6.45, 7) is 8.56. The second-order valence-electron chi connectivity index (χ2n) is 6.13. The van der Waals surface area contributed by atoms with E-state index in [2.05, 4.69) is 15.2 Å². The predicted molar refractivity (Wildman–Crippen MR) is 91.5 cm³/mol. The van der Waals surface area contributed by atoms with Crippen molar-refractivity contribution in [1.29, 1.82) is 0 Å². The minimum Gasteiger partial charge on any atom is -0.346 e. The van der Waals surface area contributed by atoms with Crippen LogP contribution in [-0.4, -0.2) is 60.5 Å². The number of carbonyl (C=O) groups excluding carboxylic acids is 2. The number of nitrogens with zero attached hydrogens (tertiary/aromatic N) is 3. The van der Waals surface area contributed by atoms with Gasteiger partial charge in [-0.1, -0.05) is 13.8 Å². The molecule has 0 spiro atoms. The van der Waals surface area contributed by atoms with Crippen LogP contribution in [0.5, 0.6) is 0 Å². The van der Waals surface area contributed by atoms with E-state index >= 15 is 0 Å². The first-order chi connectivity index (χ1) is 10.9. The second-order valence-corrected chi connectivity index (χ2v) is 6.96. The summed E-state index contributed by atoms with van der Waals surface area (Å²) in [5.41, 5.74) is 6.78. The zero-order valence-corrected chi connectivity index (χ0v) is 14.7. The van der Waals surface area contributed by atoms with Gasteiger partial charge in [-0.05, 0) is 12.8 Å². The van der Waals surface area contributed by atoms with E-state index in [1.165, 1.54) is 0 Å². The molecule has 1 aromatic heterocycles. The minimum atomic E-state index is -0.576. The van der Waals surface area contributed by atoms with Gasteiger partial charge in [0, 0.05) is 31.6 Å². The lowest BCUT2D eigenvalue weighted by Crippen LogP contribution is -2.52. The predicted octanol–water partition coefficient (Wildman–Crippen LogP) is 0.200. The number of rotatable bonds is 5. The van der Waals surface area contributed by atoms with E-state index in [-0.39, 0.29) is 24.3 Å². The number of piperazine rings is 1. The lowest BCUT2D eigenvalue weighted by molar-refractivity contribution is -0.133. The van der Waals surface area contributed by atoms with E-state index in [4.69, 9.17) is 5.73 Å². The number of hydrogen-bond acceptors (Lipinski definition) is 6. The van der Waals surface area contributed by atoms with Crippen LogP contribution in [0.4, 0.5) is 5.13 Å². The smallest absolute Gasteiger partial charge is 0.242 e. The standard InChI is InChI=1S/C15H25N5O2S/c1-10(2)13(16)14(22)17-8-12(21)19-4-6-20(7-5-19)15-18-11(3)9-23-15/h9-10,13H,4-8,16H2,1-3H3,(H,17,22)/t13-/m0/s1. The molecule has 2 heterocycles. The van der Waals surface area contributed by atoms with Crippen molar-refractivity contribution in [2.24, 2.45) is 11.7 Å². The summed E-state index contributed by atoms with van der Waals surface area (Å²) in [4.78, 5) is 32.4. The van der Waals surface area contributed by atoms with Crippen LogP contribution in [0.25, 0.3) is 0 Å². The number of thiazole rings is 1. The Balaban J connectivity index is 1.76. The molecule has 1 aromatic rings. The summed E-state index contributed by atoms with van der Waals surface area (Å²) >= 11 is 1.63. The molecule has 1 fully saturated rings. The van der Waals surface area contributed by atoms with Crippen LogP contribution >= 0.6 is 11.3 Å². The molecule has 2 amide bonds. The van der Waals surface area contributed by atoms with Crippen LogP contribution in [0.3, 0.4) is 0 Å². The van der Waals surface area contributed by atoms with Gasteiger partial charge in [0.15, 0.2) is 5.13 Å². The van der Waals surface area contributed by atoms with Gasteiger partial charge in [-0.25, -0.2) is 4.98 Å². The molecule has 0 radical (unpaired) electrons. The summed E-state index contributed by atoms with van der Waals surface area (Å²) in [5.74, 6) is -0.287. The summed E-state index contributed by atoms with van der Waals surface area (Å²) < 4.78 is 0. The molecule has 1 aliphatic rings. The Morgan fingerprint density at radius 1 is 1.35 bits per heavy atom. The quantitative estimate of drug-likeness (QED) is 0.800. The number of nitrogens with one attached hydrogen (secondary N) is 1. The second kappa shape index (κ2) is 7.74. The monoisotopic (exact) mass is 339 g/mol. The molecule has 0 bridgehead atoms. The third-order valence-corrected chi connectivity index (χ3v) is 4.96. The summed E-state index contributed by atoms with van der Waals surface area (Å²) in [5, 5.41) is 5.66. The fraction of sp³-hybridized carbons (Fsp3) is 0.667. The van der Waals surface area contributed by atoms with Gasteiger partial charge in [-0.2, -0.15) is 0 Å². The lowest BCUT2D eigenvalue weighted by Gasteiger charge is -2.34. The maximum Gasteiger partial charge on any atom is 0.242 e. The van der Waals surface area contributed by atoms with Gasteiger partial charge in [-0.3, -0.25) is 9.59 Å². The largest absolute Gasteiger partial charge is 0.346 e. The van der Waals surface area contributed by atoms with Crippen molar-refractivity contribution in [1.82, 2.24) is 15.2 Å². The van der Waals surface area contributed by atoms with E-state index in [1.807, 2.05) is 26.2 Å². The topological polar surface area (TPSA) is 91.6 Å². The molecular weight excluding hydrogens is 314 g/mol. The molecule has 1 atom stereocenters. The van der Waals surface area contributed by atoms with E-state index in [0.717, 1.165) is 23.9 Å². The molecule has 1 aliphatic heterocycles. The Morgan fingerprint density at radius 3 is 2.52 bits per heavy atom. The highest BCUT2D eigenvalue weighted by molar-refractivity contribution is 7.13. The van der Waals surface area contributed by atoms with Gasteiger partial charge in [-0.15, -0.1) is 11.3 Å². The van der Waals surface area contributed by atoms with Crippen molar-refractivity contribution in [2.45, 2.75) is 26.8 Å². The maximum atomic E-state index is 12.2. The third-order valence-electron chi connectivity index (χ3n) is 3.94. The number of aromatic nitrogens is 1. The maximum absolute atomic E-state index is 12.2. The van der Waals surface area contributed by atoms with E-state index in [9.17, 15) is 9.59 Å². The summed E-state index contributed by atoms with van der Waals surface area (Å²) in [6.07, 6.45) is 0. The van der Waals surface area contributed by atoms with Crippen molar-refractivity contribution in [3.8, 4) is 0 Å². The molecule has 23 heavy (non-hydrogen) atoms. The number of anilines is 1. The van der Waals surface area contributed by atoms with Crippen LogP contribution in [0.1, 0.15) is 19.5 Å². The van der Waals surface area contributed by atoms with E-state index in [0.29, 0.717) is 13.1 Å². The van der Waals surface area contributed by atoms with Crippen molar-refractivity contribution >= 4 is 28.3 Å². The van der Waals surface area contributed by atoms with E-state index < -0.39 is 6.04 Å². The molecule has 0 unspecified atom stereocenters. The van der Waals surface area contributed by atoms with Gasteiger partial charge in [0.2, 0.25) is 11.8 Å². The molecule has 7 nitrogen and oxygen atoms in total. The first kappa shape index (κ1) is 17.7. The van der Waals surface area contributed by atoms with Gasteiger partial charge in [0.25, 0.3) is 0 Å². The number of aryl methyl sites for hydroxylation is 1. The van der Waals surface area contributed by atoms with Gasteiger partial charge in [0.05, 0.1) is 18.3 Å². The normalized spacial score (nSPS) is 16.6. The number of carbonyl (C=O) groups is 2. The highest BCUT2D eigenvalue weighted by atomic mass is 32.1. The van der Waals surface area contributed by atoms with Gasteiger partial charge >= 0.3 is 0 Å². The number of nitrogens with two attached hydrogens (primary N) is 1. The average molecular weight is 339 g/mol. The fourth-order valence-electron chi connectivity index (χ4n) is 2.33. The first-order valence-electron chi connectivity index (χ1n) is 7.86. The SMILES string of the molecule is Cc1csc(N2CCN(C(=O)CNC(=O)[C@@H](N)C(C)C)CC2)n1. The highest BCUT2D eigenvalue weighted by Gasteiger charge is 2.24. The van der Waals surface area contributed by atoms with E-state index in [1.54, 1.807) is 16.2 Å². The van der Waals surface area contributed by atoms with Crippen LogP contribution in [0.2, 0.25) is 0 Å². The molecule has 0 aliphatic carbocycles. The first-order valence-corrected chi connectivity index (χ1v) is 8.74. The highest BCUT2D eigenvalue weighted by Crippen LogP contribution is 2.21. The Labute approximate surface area is 140 Å². The Bertz CT molecular complexity index is 552. The molecular formula is C15H25N5O2S.